The van der Waals surface area contributed by atoms with Gasteiger partial charge in [-0.05, 0) is 12.8 Å². The van der Waals surface area contributed by atoms with Crippen molar-refractivity contribution in [3.8, 4) is 0 Å². The Bertz CT molecular complexity index is 359. The SMILES string of the molecule is CCCCCCCCOCC(O)CNC1CCS(=O)(=O)C1. The third-order valence-electron chi connectivity index (χ3n) is 3.83. The molecule has 5 nitrogen and oxygen atoms in total. The van der Waals surface area contributed by atoms with E-state index in [0.717, 1.165) is 6.42 Å². The topological polar surface area (TPSA) is 75.6 Å². The summed E-state index contributed by atoms with van der Waals surface area (Å²) in [5.41, 5.74) is 0. The lowest BCUT2D eigenvalue weighted by Crippen LogP contribution is -2.38. The number of unbranched alkanes of at least 4 members (excludes halogenated alkanes) is 5. The molecule has 1 aliphatic heterocycles. The van der Waals surface area contributed by atoms with Crippen LogP contribution in [0.5, 0.6) is 0 Å². The first kappa shape index (κ1) is 18.9. The fourth-order valence-corrected chi connectivity index (χ4v) is 4.23. The first-order valence-electron chi connectivity index (χ1n) is 8.23. The summed E-state index contributed by atoms with van der Waals surface area (Å²) in [6.07, 6.45) is 7.45. The fourth-order valence-electron chi connectivity index (χ4n) is 2.52. The Morgan fingerprint density at radius 1 is 1.24 bits per heavy atom. The summed E-state index contributed by atoms with van der Waals surface area (Å²) in [6.45, 7) is 3.62. The Morgan fingerprint density at radius 3 is 2.62 bits per heavy atom. The number of ether oxygens (including phenoxy) is 1. The van der Waals surface area contributed by atoms with Gasteiger partial charge in [-0.3, -0.25) is 0 Å². The predicted octanol–water partition coefficient (Wildman–Crippen LogP) is 1.50. The van der Waals surface area contributed by atoms with E-state index in [2.05, 4.69) is 12.2 Å². The van der Waals surface area contributed by atoms with Crippen molar-refractivity contribution < 1.29 is 18.3 Å². The van der Waals surface area contributed by atoms with E-state index in [4.69, 9.17) is 4.74 Å². The molecule has 2 atom stereocenters. The van der Waals surface area contributed by atoms with Crippen LogP contribution >= 0.6 is 0 Å². The van der Waals surface area contributed by atoms with Crippen LogP contribution < -0.4 is 5.32 Å². The third-order valence-corrected chi connectivity index (χ3v) is 5.60. The second-order valence-corrected chi connectivity index (χ2v) is 8.23. The summed E-state index contributed by atoms with van der Waals surface area (Å²) in [5, 5.41) is 12.9. The maximum atomic E-state index is 11.3. The Morgan fingerprint density at radius 2 is 1.95 bits per heavy atom. The average Bonchev–Trinajstić information content (AvgIpc) is 2.79. The van der Waals surface area contributed by atoms with Gasteiger partial charge in [0.25, 0.3) is 0 Å². The zero-order chi connectivity index (χ0) is 15.6. The van der Waals surface area contributed by atoms with E-state index in [1.165, 1.54) is 32.1 Å². The number of aliphatic hydroxyl groups excluding tert-OH is 1. The normalized spacial score (nSPS) is 22.5. The van der Waals surface area contributed by atoms with E-state index >= 15 is 0 Å². The minimum atomic E-state index is -2.85. The predicted molar refractivity (Wildman–Crippen MR) is 85.3 cm³/mol. The molecule has 2 unspecified atom stereocenters. The van der Waals surface area contributed by atoms with Gasteiger partial charge in [0.2, 0.25) is 0 Å². The van der Waals surface area contributed by atoms with Crippen LogP contribution in [0.4, 0.5) is 0 Å². The van der Waals surface area contributed by atoms with Gasteiger partial charge < -0.3 is 15.2 Å². The van der Waals surface area contributed by atoms with Crippen molar-refractivity contribution >= 4 is 9.84 Å². The van der Waals surface area contributed by atoms with Crippen LogP contribution in [0.15, 0.2) is 0 Å². The molecule has 1 rings (SSSR count). The number of sulfone groups is 1. The third kappa shape index (κ3) is 9.45. The Hall–Kier alpha value is -0.170. The zero-order valence-electron chi connectivity index (χ0n) is 13.2. The summed E-state index contributed by atoms with van der Waals surface area (Å²) in [5.74, 6) is 0.452. The standard InChI is InChI=1S/C15H31NO4S/c1-2-3-4-5-6-7-9-20-12-15(17)11-16-14-8-10-21(18,19)13-14/h14-17H,2-13H2,1H3. The summed E-state index contributed by atoms with van der Waals surface area (Å²) in [7, 11) is -2.85. The van der Waals surface area contributed by atoms with Gasteiger partial charge in [0, 0.05) is 19.2 Å². The number of rotatable bonds is 12. The maximum Gasteiger partial charge on any atom is 0.151 e. The van der Waals surface area contributed by atoms with E-state index in [9.17, 15) is 13.5 Å². The lowest BCUT2D eigenvalue weighted by molar-refractivity contribution is 0.0344. The zero-order valence-corrected chi connectivity index (χ0v) is 14.0. The quantitative estimate of drug-likeness (QED) is 0.533. The fraction of sp³-hybridized carbons (Fsp3) is 1.00. The minimum absolute atomic E-state index is 0.0109. The Balaban J connectivity index is 1.91. The molecule has 126 valence electrons. The number of aliphatic hydroxyl groups is 1. The van der Waals surface area contributed by atoms with Crippen molar-refractivity contribution in [3.63, 3.8) is 0 Å². The van der Waals surface area contributed by atoms with Crippen LogP contribution in [0.3, 0.4) is 0 Å². The highest BCUT2D eigenvalue weighted by Gasteiger charge is 2.27. The first-order chi connectivity index (χ1) is 10.0. The second-order valence-electron chi connectivity index (χ2n) is 6.00. The molecule has 0 aromatic heterocycles. The van der Waals surface area contributed by atoms with E-state index in [0.29, 0.717) is 26.2 Å². The van der Waals surface area contributed by atoms with Gasteiger partial charge >= 0.3 is 0 Å². The molecule has 0 aromatic rings. The van der Waals surface area contributed by atoms with Crippen molar-refractivity contribution in [1.29, 1.82) is 0 Å². The number of hydrogen-bond acceptors (Lipinski definition) is 5. The van der Waals surface area contributed by atoms with Gasteiger partial charge in [0.05, 0.1) is 24.2 Å². The lowest BCUT2D eigenvalue weighted by atomic mass is 10.1. The van der Waals surface area contributed by atoms with Gasteiger partial charge in [0.15, 0.2) is 9.84 Å². The van der Waals surface area contributed by atoms with Crippen LogP contribution in [0.2, 0.25) is 0 Å². The highest BCUT2D eigenvalue weighted by molar-refractivity contribution is 7.91. The van der Waals surface area contributed by atoms with Crippen LogP contribution in [0.25, 0.3) is 0 Å². The Kier molecular flexibility index (Phi) is 9.47. The molecule has 1 fully saturated rings. The minimum Gasteiger partial charge on any atom is -0.389 e. The molecule has 0 aromatic carbocycles. The highest BCUT2D eigenvalue weighted by Crippen LogP contribution is 2.11. The summed E-state index contributed by atoms with van der Waals surface area (Å²) in [4.78, 5) is 0. The summed E-state index contributed by atoms with van der Waals surface area (Å²) in [6, 6.07) is -0.0109. The molecular formula is C15H31NO4S. The Labute approximate surface area is 129 Å². The molecule has 0 bridgehead atoms. The molecule has 0 radical (unpaired) electrons. The van der Waals surface area contributed by atoms with Crippen LogP contribution in [-0.4, -0.2) is 56.9 Å². The van der Waals surface area contributed by atoms with Crippen LogP contribution in [-0.2, 0) is 14.6 Å². The van der Waals surface area contributed by atoms with Gasteiger partial charge in [-0.2, -0.15) is 0 Å². The smallest absolute Gasteiger partial charge is 0.151 e. The van der Waals surface area contributed by atoms with Crippen molar-refractivity contribution in [2.75, 3.05) is 31.3 Å². The van der Waals surface area contributed by atoms with Gasteiger partial charge in [0.1, 0.15) is 0 Å². The molecule has 0 saturated carbocycles. The molecule has 21 heavy (non-hydrogen) atoms. The largest absolute Gasteiger partial charge is 0.389 e. The van der Waals surface area contributed by atoms with Crippen molar-refractivity contribution in [1.82, 2.24) is 5.32 Å². The van der Waals surface area contributed by atoms with Gasteiger partial charge in [-0.15, -0.1) is 0 Å². The lowest BCUT2D eigenvalue weighted by Gasteiger charge is -2.15. The van der Waals surface area contributed by atoms with Gasteiger partial charge in [-0.1, -0.05) is 39.0 Å². The molecular weight excluding hydrogens is 290 g/mol. The van der Waals surface area contributed by atoms with Crippen molar-refractivity contribution in [2.24, 2.45) is 0 Å². The highest BCUT2D eigenvalue weighted by atomic mass is 32.2. The van der Waals surface area contributed by atoms with Crippen LogP contribution in [0, 0.1) is 0 Å². The van der Waals surface area contributed by atoms with E-state index in [1.807, 2.05) is 0 Å². The van der Waals surface area contributed by atoms with Crippen molar-refractivity contribution in [2.45, 2.75) is 64.0 Å². The van der Waals surface area contributed by atoms with Crippen molar-refractivity contribution in [3.05, 3.63) is 0 Å². The van der Waals surface area contributed by atoms with Crippen LogP contribution in [0.1, 0.15) is 51.9 Å². The summed E-state index contributed by atoms with van der Waals surface area (Å²) >= 11 is 0. The molecule has 1 heterocycles. The summed E-state index contributed by atoms with van der Waals surface area (Å²) < 4.78 is 28.0. The second kappa shape index (κ2) is 10.5. The van der Waals surface area contributed by atoms with Gasteiger partial charge in [-0.25, -0.2) is 8.42 Å². The average molecular weight is 321 g/mol. The molecule has 0 amide bonds. The number of hydrogen-bond donors (Lipinski definition) is 2. The first-order valence-corrected chi connectivity index (χ1v) is 10.0. The molecule has 1 saturated heterocycles. The molecule has 6 heteroatoms. The molecule has 0 aliphatic carbocycles. The van der Waals surface area contributed by atoms with E-state index in [-0.39, 0.29) is 17.5 Å². The van der Waals surface area contributed by atoms with E-state index < -0.39 is 15.9 Å². The molecule has 0 spiro atoms. The monoisotopic (exact) mass is 321 g/mol. The molecule has 1 aliphatic rings. The molecule has 2 N–H and O–H groups in total. The number of nitrogens with one attached hydrogen (secondary N) is 1. The maximum absolute atomic E-state index is 11.3. The van der Waals surface area contributed by atoms with E-state index in [1.54, 1.807) is 0 Å².